The average molecular weight is 120 g/mol. The van der Waals surface area contributed by atoms with Crippen LogP contribution in [0.4, 0.5) is 0 Å². The molecule has 0 aliphatic heterocycles. The molecule has 0 saturated heterocycles. The first-order valence-corrected chi connectivity index (χ1v) is 3.71. The molecule has 0 spiro atoms. The summed E-state index contributed by atoms with van der Waals surface area (Å²) in [5.41, 5.74) is 0. The van der Waals surface area contributed by atoms with Gasteiger partial charge in [-0.25, -0.2) is 0 Å². The number of hydrogen-bond acceptors (Lipinski definition) is 0. The minimum atomic E-state index is 0.712. The molecule has 0 nitrogen and oxygen atoms in total. The first-order valence-electron chi connectivity index (χ1n) is 3.71. The van der Waals surface area contributed by atoms with Crippen molar-refractivity contribution in [1.29, 1.82) is 0 Å². The van der Waals surface area contributed by atoms with Crippen LogP contribution >= 0.6 is 0 Å². The normalized spacial score (nSPS) is 46.0. The Balaban J connectivity index is 2.13. The van der Waals surface area contributed by atoms with E-state index in [0.29, 0.717) is 5.92 Å². The molecular formula is C9H12. The maximum absolute atomic E-state index is 3.81. The van der Waals surface area contributed by atoms with E-state index in [1.54, 1.807) is 0 Å². The van der Waals surface area contributed by atoms with Crippen LogP contribution in [0.5, 0.6) is 0 Å². The molecule has 0 heteroatoms. The molecular weight excluding hydrogens is 108 g/mol. The summed E-state index contributed by atoms with van der Waals surface area (Å²) in [6, 6.07) is 0. The Morgan fingerprint density at radius 2 is 2.44 bits per heavy atom. The highest BCUT2D eigenvalue weighted by atomic mass is 14.5. The zero-order chi connectivity index (χ0) is 6.27. The van der Waals surface area contributed by atoms with E-state index < -0.39 is 0 Å². The molecule has 3 unspecified atom stereocenters. The largest absolute Gasteiger partial charge is 0.102 e. The monoisotopic (exact) mass is 120 g/mol. The van der Waals surface area contributed by atoms with Gasteiger partial charge in [-0.1, -0.05) is 18.2 Å². The highest BCUT2D eigenvalue weighted by Gasteiger charge is 2.41. The van der Waals surface area contributed by atoms with E-state index in [1.807, 2.05) is 0 Å². The minimum absolute atomic E-state index is 0.712. The van der Waals surface area contributed by atoms with E-state index in [0.717, 1.165) is 11.8 Å². The van der Waals surface area contributed by atoms with E-state index in [2.05, 4.69) is 24.8 Å². The van der Waals surface area contributed by atoms with Gasteiger partial charge < -0.3 is 0 Å². The standard InChI is InChI=1S/C9H12/c1-2-7-4-3-5-8-6-9(7)8/h2-4,7-9H,1,5-6H2. The Labute approximate surface area is 56.3 Å². The summed E-state index contributed by atoms with van der Waals surface area (Å²) in [6.45, 7) is 3.81. The number of allylic oxidation sites excluding steroid dienone is 3. The summed E-state index contributed by atoms with van der Waals surface area (Å²) in [6.07, 6.45) is 9.47. The Kier molecular flexibility index (Phi) is 1.01. The van der Waals surface area contributed by atoms with E-state index in [1.165, 1.54) is 12.8 Å². The van der Waals surface area contributed by atoms with Crippen molar-refractivity contribution in [2.75, 3.05) is 0 Å². The van der Waals surface area contributed by atoms with Gasteiger partial charge in [0.2, 0.25) is 0 Å². The van der Waals surface area contributed by atoms with E-state index in [-0.39, 0.29) is 0 Å². The SMILES string of the molecule is C=CC1C=CCC2CC12. The summed E-state index contributed by atoms with van der Waals surface area (Å²) < 4.78 is 0. The molecule has 9 heavy (non-hydrogen) atoms. The highest BCUT2D eigenvalue weighted by molar-refractivity contribution is 5.13. The Morgan fingerprint density at radius 3 is 3.11 bits per heavy atom. The fourth-order valence-electron chi connectivity index (χ4n) is 1.82. The maximum atomic E-state index is 3.81. The molecule has 0 aromatic carbocycles. The minimum Gasteiger partial charge on any atom is -0.102 e. The van der Waals surface area contributed by atoms with Crippen LogP contribution in [0.15, 0.2) is 24.8 Å². The van der Waals surface area contributed by atoms with Gasteiger partial charge in [0.1, 0.15) is 0 Å². The third-order valence-electron chi connectivity index (χ3n) is 2.54. The van der Waals surface area contributed by atoms with Gasteiger partial charge in [0.05, 0.1) is 0 Å². The third kappa shape index (κ3) is 0.735. The van der Waals surface area contributed by atoms with Crippen molar-refractivity contribution < 1.29 is 0 Å². The summed E-state index contributed by atoms with van der Waals surface area (Å²) in [5.74, 6) is 2.72. The van der Waals surface area contributed by atoms with Crippen LogP contribution in [0, 0.1) is 17.8 Å². The van der Waals surface area contributed by atoms with Crippen LogP contribution in [0.3, 0.4) is 0 Å². The van der Waals surface area contributed by atoms with Gasteiger partial charge in [-0.05, 0) is 30.6 Å². The predicted molar refractivity (Wildman–Crippen MR) is 39.0 cm³/mol. The first-order chi connectivity index (χ1) is 4.42. The van der Waals surface area contributed by atoms with Gasteiger partial charge in [0.25, 0.3) is 0 Å². The molecule has 2 aliphatic rings. The molecule has 48 valence electrons. The quantitative estimate of drug-likeness (QED) is 0.466. The molecule has 2 aliphatic carbocycles. The van der Waals surface area contributed by atoms with Crippen molar-refractivity contribution >= 4 is 0 Å². The fourth-order valence-corrected chi connectivity index (χ4v) is 1.82. The smallest absolute Gasteiger partial charge is 0.00250 e. The number of hydrogen-bond donors (Lipinski definition) is 0. The maximum Gasteiger partial charge on any atom is -0.00250 e. The molecule has 0 N–H and O–H groups in total. The molecule has 1 fully saturated rings. The predicted octanol–water partition coefficient (Wildman–Crippen LogP) is 2.38. The summed E-state index contributed by atoms with van der Waals surface area (Å²) in [5, 5.41) is 0. The molecule has 0 amide bonds. The summed E-state index contributed by atoms with van der Waals surface area (Å²) in [7, 11) is 0. The average Bonchev–Trinajstić information content (AvgIpc) is 2.64. The molecule has 0 radical (unpaired) electrons. The first kappa shape index (κ1) is 5.28. The molecule has 3 atom stereocenters. The third-order valence-corrected chi connectivity index (χ3v) is 2.54. The highest BCUT2D eigenvalue weighted by Crippen LogP contribution is 2.50. The van der Waals surface area contributed by atoms with Crippen LogP contribution in [-0.4, -0.2) is 0 Å². The Hall–Kier alpha value is -0.520. The zero-order valence-electron chi connectivity index (χ0n) is 5.59. The van der Waals surface area contributed by atoms with Crippen molar-refractivity contribution in [3.05, 3.63) is 24.8 Å². The molecule has 1 saturated carbocycles. The van der Waals surface area contributed by atoms with Crippen LogP contribution in [0.25, 0.3) is 0 Å². The van der Waals surface area contributed by atoms with E-state index in [9.17, 15) is 0 Å². The molecule has 0 bridgehead atoms. The topological polar surface area (TPSA) is 0 Å². The van der Waals surface area contributed by atoms with Gasteiger partial charge in [-0.3, -0.25) is 0 Å². The lowest BCUT2D eigenvalue weighted by molar-refractivity contribution is 0.593. The van der Waals surface area contributed by atoms with Gasteiger partial charge in [-0.15, -0.1) is 6.58 Å². The lowest BCUT2D eigenvalue weighted by Gasteiger charge is -2.09. The lowest BCUT2D eigenvalue weighted by Crippen LogP contribution is -2.00. The van der Waals surface area contributed by atoms with Crippen molar-refractivity contribution in [2.45, 2.75) is 12.8 Å². The Bertz CT molecular complexity index is 155. The fraction of sp³-hybridized carbons (Fsp3) is 0.556. The second-order valence-corrected chi connectivity index (χ2v) is 3.14. The molecule has 0 heterocycles. The van der Waals surface area contributed by atoms with Crippen LogP contribution < -0.4 is 0 Å². The van der Waals surface area contributed by atoms with Gasteiger partial charge in [0, 0.05) is 0 Å². The molecule has 0 aromatic rings. The number of rotatable bonds is 1. The lowest BCUT2D eigenvalue weighted by atomic mass is 9.96. The van der Waals surface area contributed by atoms with Crippen molar-refractivity contribution in [2.24, 2.45) is 17.8 Å². The Morgan fingerprint density at radius 1 is 1.56 bits per heavy atom. The van der Waals surface area contributed by atoms with Gasteiger partial charge >= 0.3 is 0 Å². The van der Waals surface area contributed by atoms with Crippen molar-refractivity contribution in [3.8, 4) is 0 Å². The zero-order valence-corrected chi connectivity index (χ0v) is 5.59. The second kappa shape index (κ2) is 1.73. The van der Waals surface area contributed by atoms with Crippen LogP contribution in [0.2, 0.25) is 0 Å². The van der Waals surface area contributed by atoms with E-state index >= 15 is 0 Å². The molecule has 2 rings (SSSR count). The number of fused-ring (bicyclic) bond motifs is 1. The van der Waals surface area contributed by atoms with Crippen LogP contribution in [0.1, 0.15) is 12.8 Å². The van der Waals surface area contributed by atoms with Crippen molar-refractivity contribution in [3.63, 3.8) is 0 Å². The second-order valence-electron chi connectivity index (χ2n) is 3.14. The molecule has 0 aromatic heterocycles. The van der Waals surface area contributed by atoms with Gasteiger partial charge in [0.15, 0.2) is 0 Å². The van der Waals surface area contributed by atoms with Crippen molar-refractivity contribution in [1.82, 2.24) is 0 Å². The van der Waals surface area contributed by atoms with E-state index in [4.69, 9.17) is 0 Å². The van der Waals surface area contributed by atoms with Crippen LogP contribution in [-0.2, 0) is 0 Å². The van der Waals surface area contributed by atoms with Gasteiger partial charge in [-0.2, -0.15) is 0 Å². The summed E-state index contributed by atoms with van der Waals surface area (Å²) >= 11 is 0. The summed E-state index contributed by atoms with van der Waals surface area (Å²) in [4.78, 5) is 0.